The molecule has 0 aliphatic carbocycles. The molecule has 0 saturated carbocycles. The molecule has 1 amide bonds. The molecule has 5 aromatic rings. The second-order valence-corrected chi connectivity index (χ2v) is 17.3. The van der Waals surface area contributed by atoms with Gasteiger partial charge in [0.25, 0.3) is 0 Å². The van der Waals surface area contributed by atoms with Crippen LogP contribution in [0.4, 0.5) is 33.2 Å². The summed E-state index contributed by atoms with van der Waals surface area (Å²) in [7, 11) is 0. The lowest BCUT2D eigenvalue weighted by molar-refractivity contribution is -0.0740. The molecule has 7 heterocycles. The zero-order valence-electron chi connectivity index (χ0n) is 30.5. The maximum Gasteiger partial charge on any atom is 0.346 e. The molecule has 2 N–H and O–H groups in total. The number of hydrogen-bond donors (Lipinski definition) is 1. The zero-order valence-corrected chi connectivity index (χ0v) is 32.1. The highest BCUT2D eigenvalue weighted by molar-refractivity contribution is 7.23. The van der Waals surface area contributed by atoms with Crippen molar-refractivity contribution in [2.24, 2.45) is 11.3 Å². The highest BCUT2D eigenvalue weighted by Gasteiger charge is 2.57. The Bertz CT molecular complexity index is 2470. The first kappa shape index (κ1) is 36.8. The fourth-order valence-corrected chi connectivity index (χ4v) is 11.3. The summed E-state index contributed by atoms with van der Waals surface area (Å²) in [6.45, 7) is 6.59. The van der Waals surface area contributed by atoms with Crippen LogP contribution in [0.1, 0.15) is 51.5 Å². The molecule has 4 fully saturated rings. The largest absolute Gasteiger partial charge is 0.461 e. The fraction of sp³-hybridized carbons (Fsp3) is 0.474. The Morgan fingerprint density at radius 1 is 1.18 bits per heavy atom. The van der Waals surface area contributed by atoms with Gasteiger partial charge in [-0.05, 0) is 55.8 Å². The molecule has 4 saturated heterocycles. The van der Waals surface area contributed by atoms with E-state index in [0.29, 0.717) is 43.8 Å². The van der Waals surface area contributed by atoms with Gasteiger partial charge in [-0.15, -0.1) is 16.4 Å². The van der Waals surface area contributed by atoms with Gasteiger partial charge in [-0.25, -0.2) is 18.0 Å². The predicted molar refractivity (Wildman–Crippen MR) is 203 cm³/mol. The third kappa shape index (κ3) is 5.66. The van der Waals surface area contributed by atoms with Gasteiger partial charge in [-0.3, -0.25) is 4.90 Å². The average Bonchev–Trinajstić information content (AvgIpc) is 3.92. The van der Waals surface area contributed by atoms with Gasteiger partial charge in [0.1, 0.15) is 47.3 Å². The number of amides is 1. The first-order chi connectivity index (χ1) is 26.8. The third-order valence-electron chi connectivity index (χ3n) is 12.2. The van der Waals surface area contributed by atoms with Crippen molar-refractivity contribution in [3.63, 3.8) is 0 Å². The Labute approximate surface area is 327 Å². The van der Waals surface area contributed by atoms with Crippen LogP contribution in [0.2, 0.25) is 5.02 Å². The minimum absolute atomic E-state index is 0.0113. The number of halogens is 5. The highest BCUT2D eigenvalue weighted by atomic mass is 35.5. The molecule has 4 aliphatic rings. The van der Waals surface area contributed by atoms with Crippen molar-refractivity contribution in [2.75, 3.05) is 50.0 Å². The van der Waals surface area contributed by atoms with E-state index < -0.39 is 40.9 Å². The van der Waals surface area contributed by atoms with E-state index in [-0.39, 0.29) is 66.9 Å². The van der Waals surface area contributed by atoms with Crippen molar-refractivity contribution in [1.82, 2.24) is 34.5 Å². The molecule has 56 heavy (non-hydrogen) atoms. The Balaban J connectivity index is 1.15. The quantitative estimate of drug-likeness (QED) is 0.175. The van der Waals surface area contributed by atoms with Crippen LogP contribution in [0.3, 0.4) is 0 Å². The number of piperidine rings is 1. The van der Waals surface area contributed by atoms with E-state index >= 15 is 8.78 Å². The van der Waals surface area contributed by atoms with Crippen molar-refractivity contribution in [2.45, 2.75) is 63.7 Å². The number of anilines is 2. The Morgan fingerprint density at radius 3 is 2.73 bits per heavy atom. The molecule has 4 atom stereocenters. The van der Waals surface area contributed by atoms with E-state index in [1.807, 2.05) is 24.8 Å². The van der Waals surface area contributed by atoms with E-state index in [2.05, 4.69) is 20.0 Å². The molecule has 9 rings (SSSR count). The van der Waals surface area contributed by atoms with Crippen LogP contribution in [-0.2, 0) is 0 Å². The first-order valence-electron chi connectivity index (χ1n) is 18.6. The average molecular weight is 809 g/mol. The Kier molecular flexibility index (Phi) is 8.82. The SMILES string of the molecule is CC(C)[C@H]1N(C(=O)n2cnc(F)n2)C[C@]12CCCN(c1nc(OC[C@@]34CCCN3C[C@H](F)C4)nc3c(F)c(-c4ccc(F)c5sc(N)c(C#N)c45)c(Cl)cc13)C2. The zero-order chi connectivity index (χ0) is 39.3. The highest BCUT2D eigenvalue weighted by Crippen LogP contribution is 2.51. The minimum atomic E-state index is -0.993. The number of benzene rings is 2. The molecular weight excluding hydrogens is 772 g/mol. The van der Waals surface area contributed by atoms with Gasteiger partial charge in [0.2, 0.25) is 0 Å². The third-order valence-corrected chi connectivity index (χ3v) is 13.5. The van der Waals surface area contributed by atoms with E-state index in [0.717, 1.165) is 54.6 Å². The number of rotatable bonds is 6. The van der Waals surface area contributed by atoms with Gasteiger partial charge >= 0.3 is 18.1 Å². The molecule has 0 unspecified atom stereocenters. The maximum atomic E-state index is 17.3. The molecule has 0 radical (unpaired) electrons. The first-order valence-corrected chi connectivity index (χ1v) is 19.8. The lowest BCUT2D eigenvalue weighted by Crippen LogP contribution is -2.73. The minimum Gasteiger partial charge on any atom is -0.461 e. The monoisotopic (exact) mass is 808 g/mol. The van der Waals surface area contributed by atoms with Gasteiger partial charge in [0.15, 0.2) is 5.82 Å². The number of thiophene rings is 1. The maximum absolute atomic E-state index is 17.3. The summed E-state index contributed by atoms with van der Waals surface area (Å²) in [4.78, 5) is 32.2. The van der Waals surface area contributed by atoms with Crippen LogP contribution in [0.25, 0.3) is 32.1 Å². The van der Waals surface area contributed by atoms with Crippen LogP contribution in [0.5, 0.6) is 6.01 Å². The van der Waals surface area contributed by atoms with Gasteiger partial charge < -0.3 is 20.3 Å². The summed E-state index contributed by atoms with van der Waals surface area (Å²) >= 11 is 7.85. The van der Waals surface area contributed by atoms with Gasteiger partial charge in [0, 0.05) is 60.4 Å². The number of ether oxygens (including phenoxy) is 1. The Morgan fingerprint density at radius 2 is 1.98 bits per heavy atom. The number of likely N-dealkylation sites (tertiary alicyclic amines) is 1. The van der Waals surface area contributed by atoms with Crippen LogP contribution < -0.4 is 15.4 Å². The number of nitrogens with zero attached hydrogens (tertiary/aromatic N) is 9. The molecule has 292 valence electrons. The molecule has 1 spiro atoms. The number of carbonyl (C=O) groups is 1. The summed E-state index contributed by atoms with van der Waals surface area (Å²) in [5.74, 6) is -1.03. The topological polar surface area (TPSA) is 142 Å². The smallest absolute Gasteiger partial charge is 0.346 e. The van der Waals surface area contributed by atoms with Gasteiger partial charge in [0.05, 0.1) is 20.8 Å². The van der Waals surface area contributed by atoms with Crippen LogP contribution in [-0.4, -0.2) is 97.6 Å². The lowest BCUT2D eigenvalue weighted by atomic mass is 9.63. The molecular formula is C38H37ClF4N10O2S. The van der Waals surface area contributed by atoms with E-state index in [4.69, 9.17) is 27.1 Å². The molecule has 0 bridgehead atoms. The van der Waals surface area contributed by atoms with E-state index in [1.165, 1.54) is 12.1 Å². The van der Waals surface area contributed by atoms with Gasteiger partial charge in [-0.2, -0.15) is 29.3 Å². The van der Waals surface area contributed by atoms with Crippen LogP contribution in [0.15, 0.2) is 24.5 Å². The standard InChI is InChI=1S/C38H37ClF4N10O2S/c1-19(2)31-37(16-52(31)36(54)53-18-46-34(43)49-53)7-3-9-50(15-37)33-22-11-24(39)27(21-5-6-25(41)30-26(21)23(13-44)32(45)56-30)28(42)29(22)47-35(48-33)55-17-38-8-4-10-51(38)14-20(40)12-38/h5-6,11,18-20,31H,3-4,7-10,12,14-17,45H2,1-2H3/t20-,31-,37-,38+/m1/s1. The number of fused-ring (bicyclic) bond motifs is 3. The molecule has 2 aromatic carbocycles. The summed E-state index contributed by atoms with van der Waals surface area (Å²) < 4.78 is 68.1. The van der Waals surface area contributed by atoms with Crippen molar-refractivity contribution in [1.29, 1.82) is 5.26 Å². The van der Waals surface area contributed by atoms with Crippen molar-refractivity contribution >= 4 is 60.8 Å². The summed E-state index contributed by atoms with van der Waals surface area (Å²) in [6.07, 6.45) is 2.56. The summed E-state index contributed by atoms with van der Waals surface area (Å²) in [5, 5.41) is 14.1. The van der Waals surface area contributed by atoms with Crippen molar-refractivity contribution in [3.05, 3.63) is 52.8 Å². The van der Waals surface area contributed by atoms with E-state index in [9.17, 15) is 18.8 Å². The second kappa shape index (κ2) is 13.4. The van der Waals surface area contributed by atoms with Crippen molar-refractivity contribution < 1.29 is 27.1 Å². The fourth-order valence-electron chi connectivity index (χ4n) is 10.0. The molecule has 3 aromatic heterocycles. The number of carbonyl (C=O) groups excluding carboxylic acids is 1. The predicted octanol–water partition coefficient (Wildman–Crippen LogP) is 7.18. The molecule has 18 heteroatoms. The van der Waals surface area contributed by atoms with Gasteiger partial charge in [-0.1, -0.05) is 31.5 Å². The molecule has 12 nitrogen and oxygen atoms in total. The number of alkyl halides is 1. The van der Waals surface area contributed by atoms with Crippen LogP contribution >= 0.6 is 22.9 Å². The molecule has 4 aliphatic heterocycles. The number of nitriles is 1. The summed E-state index contributed by atoms with van der Waals surface area (Å²) in [6, 6.07) is 5.36. The lowest BCUT2D eigenvalue weighted by Gasteiger charge is -2.62. The summed E-state index contributed by atoms with van der Waals surface area (Å²) in [5.41, 5.74) is 5.21. The second-order valence-electron chi connectivity index (χ2n) is 15.8. The number of nitrogen functional groups attached to an aromatic ring is 1. The van der Waals surface area contributed by atoms with E-state index in [1.54, 1.807) is 11.0 Å². The van der Waals surface area contributed by atoms with Crippen LogP contribution in [0, 0.1) is 40.4 Å². The Hall–Kier alpha value is -4.79. The number of hydrogen-bond acceptors (Lipinski definition) is 11. The van der Waals surface area contributed by atoms with Crippen molar-refractivity contribution in [3.8, 4) is 23.2 Å². The number of aromatic nitrogens is 5. The normalized spacial score (nSPS) is 25.1. The number of nitrogens with two attached hydrogens (primary N) is 1.